The summed E-state index contributed by atoms with van der Waals surface area (Å²) in [4.78, 5) is 0. The Balaban J connectivity index is 3.29. The molecule has 0 spiro atoms. The molecular formula is C3H7NO2S. The maximum atomic E-state index is 8.02. The van der Waals surface area contributed by atoms with Gasteiger partial charge >= 0.3 is 0 Å². The first-order valence-corrected chi connectivity index (χ1v) is 2.43. The van der Waals surface area contributed by atoms with E-state index in [0.29, 0.717) is 18.1 Å². The lowest BCUT2D eigenvalue weighted by Crippen LogP contribution is -1.90. The van der Waals surface area contributed by atoms with Gasteiger partial charge in [-0.2, -0.15) is 4.40 Å². The van der Waals surface area contributed by atoms with E-state index < -0.39 is 0 Å². The van der Waals surface area contributed by atoms with Crippen LogP contribution in [0, 0.1) is 0 Å². The van der Waals surface area contributed by atoms with E-state index in [1.807, 2.05) is 0 Å². The van der Waals surface area contributed by atoms with Crippen LogP contribution in [0.4, 0.5) is 0 Å². The van der Waals surface area contributed by atoms with Crippen LogP contribution < -0.4 is 0 Å². The first-order valence-electron chi connectivity index (χ1n) is 1.70. The van der Waals surface area contributed by atoms with E-state index in [1.54, 1.807) is 6.92 Å². The highest BCUT2D eigenvalue weighted by Gasteiger charge is 1.80. The lowest BCUT2D eigenvalue weighted by Gasteiger charge is -1.90. The highest BCUT2D eigenvalue weighted by Crippen LogP contribution is 1.92. The van der Waals surface area contributed by atoms with E-state index in [9.17, 15) is 0 Å². The van der Waals surface area contributed by atoms with Gasteiger partial charge in [0.25, 0.3) is 0 Å². The van der Waals surface area contributed by atoms with E-state index >= 15 is 0 Å². The molecular weight excluding hydrogens is 114 g/mol. The maximum absolute atomic E-state index is 8.02. The van der Waals surface area contributed by atoms with Gasteiger partial charge in [0, 0.05) is 6.92 Å². The molecule has 3 nitrogen and oxygen atoms in total. The second-order valence-corrected chi connectivity index (χ2v) is 1.24. The number of ether oxygens (including phenoxy) is 1. The molecule has 0 aromatic heterocycles. The molecule has 0 aliphatic carbocycles. The maximum Gasteiger partial charge on any atom is 0.193 e. The molecule has 4 heteroatoms. The third-order valence-corrected chi connectivity index (χ3v) is 0.804. The molecule has 0 aliphatic rings. The third kappa shape index (κ3) is 3.61. The van der Waals surface area contributed by atoms with Crippen molar-refractivity contribution in [1.82, 2.24) is 0 Å². The molecule has 0 amide bonds. The van der Waals surface area contributed by atoms with Gasteiger partial charge in [-0.3, -0.25) is 0 Å². The SMILES string of the molecule is CO/C(C)=N/SO. The summed E-state index contributed by atoms with van der Waals surface area (Å²) in [6.07, 6.45) is 0. The van der Waals surface area contributed by atoms with Gasteiger partial charge in [-0.15, -0.1) is 0 Å². The van der Waals surface area contributed by atoms with Crippen molar-refractivity contribution >= 4 is 18.1 Å². The van der Waals surface area contributed by atoms with Crippen LogP contribution in [0.2, 0.25) is 0 Å². The monoisotopic (exact) mass is 121 g/mol. The van der Waals surface area contributed by atoms with Crippen LogP contribution in [0.3, 0.4) is 0 Å². The molecule has 7 heavy (non-hydrogen) atoms. The Kier molecular flexibility index (Phi) is 3.83. The summed E-state index contributed by atoms with van der Waals surface area (Å²) in [6, 6.07) is 0. The van der Waals surface area contributed by atoms with Crippen LogP contribution in [-0.2, 0) is 4.74 Å². The van der Waals surface area contributed by atoms with Crippen LogP contribution in [0.15, 0.2) is 4.40 Å². The van der Waals surface area contributed by atoms with E-state index in [2.05, 4.69) is 9.13 Å². The second kappa shape index (κ2) is 3.95. The van der Waals surface area contributed by atoms with Gasteiger partial charge in [0.1, 0.15) is 12.2 Å². The lowest BCUT2D eigenvalue weighted by atomic mass is 10.8. The molecule has 0 heterocycles. The molecule has 0 saturated carbocycles. The van der Waals surface area contributed by atoms with Crippen LogP contribution in [0.1, 0.15) is 6.92 Å². The zero-order valence-corrected chi connectivity index (χ0v) is 5.03. The average molecular weight is 121 g/mol. The quantitative estimate of drug-likeness (QED) is 0.245. The zero-order valence-electron chi connectivity index (χ0n) is 4.21. The average Bonchev–Trinajstić information content (AvgIpc) is 1.68. The lowest BCUT2D eigenvalue weighted by molar-refractivity contribution is 0.401. The Morgan fingerprint density at radius 3 is 2.57 bits per heavy atom. The van der Waals surface area contributed by atoms with Crippen molar-refractivity contribution in [2.45, 2.75) is 6.92 Å². The molecule has 0 rings (SSSR count). The fourth-order valence-electron chi connectivity index (χ4n) is 0.0948. The number of nitrogens with zero attached hydrogens (tertiary/aromatic N) is 1. The number of rotatable bonds is 1. The van der Waals surface area contributed by atoms with Crippen molar-refractivity contribution in [3.05, 3.63) is 0 Å². The van der Waals surface area contributed by atoms with E-state index in [1.165, 1.54) is 7.11 Å². The highest BCUT2D eigenvalue weighted by molar-refractivity contribution is 7.92. The van der Waals surface area contributed by atoms with Gasteiger partial charge in [0.05, 0.1) is 7.11 Å². The summed E-state index contributed by atoms with van der Waals surface area (Å²) in [6.45, 7) is 1.66. The van der Waals surface area contributed by atoms with Crippen LogP contribution in [0.25, 0.3) is 0 Å². The van der Waals surface area contributed by atoms with Gasteiger partial charge in [-0.05, 0) is 0 Å². The molecule has 0 fully saturated rings. The van der Waals surface area contributed by atoms with Gasteiger partial charge in [0.2, 0.25) is 0 Å². The van der Waals surface area contributed by atoms with Crippen molar-refractivity contribution in [1.29, 1.82) is 0 Å². The van der Waals surface area contributed by atoms with Crippen LogP contribution >= 0.6 is 12.2 Å². The summed E-state index contributed by atoms with van der Waals surface area (Å²) in [5, 5.41) is 0. The molecule has 0 bridgehead atoms. The molecule has 0 saturated heterocycles. The molecule has 1 N–H and O–H groups in total. The topological polar surface area (TPSA) is 41.8 Å². The predicted octanol–water partition coefficient (Wildman–Crippen LogP) is 1.17. The van der Waals surface area contributed by atoms with Crippen molar-refractivity contribution in [2.24, 2.45) is 4.40 Å². The molecule has 0 aliphatic heterocycles. The summed E-state index contributed by atoms with van der Waals surface area (Å²) >= 11 is 0.397. The van der Waals surface area contributed by atoms with Gasteiger partial charge < -0.3 is 9.29 Å². The highest BCUT2D eigenvalue weighted by atomic mass is 32.2. The van der Waals surface area contributed by atoms with Crippen molar-refractivity contribution in [3.8, 4) is 0 Å². The molecule has 0 atom stereocenters. The second-order valence-electron chi connectivity index (χ2n) is 0.896. The smallest absolute Gasteiger partial charge is 0.193 e. The molecule has 0 aromatic rings. The standard InChI is InChI=1S/C3H7NO2S/c1-3(6-2)4-7-5/h5H,1-2H3/b4-3+. The Morgan fingerprint density at radius 1 is 1.86 bits per heavy atom. The molecule has 42 valence electrons. The van der Waals surface area contributed by atoms with E-state index in [4.69, 9.17) is 4.55 Å². The van der Waals surface area contributed by atoms with Gasteiger partial charge in [0.15, 0.2) is 5.90 Å². The number of hydrogen-bond donors (Lipinski definition) is 1. The van der Waals surface area contributed by atoms with Crippen molar-refractivity contribution in [3.63, 3.8) is 0 Å². The summed E-state index contributed by atoms with van der Waals surface area (Å²) in [5.74, 6) is 0.465. The normalized spacial score (nSPS) is 11.6. The Hall–Kier alpha value is -0.220. The van der Waals surface area contributed by atoms with Crippen molar-refractivity contribution in [2.75, 3.05) is 7.11 Å². The van der Waals surface area contributed by atoms with E-state index in [0.717, 1.165) is 0 Å². The molecule has 0 radical (unpaired) electrons. The van der Waals surface area contributed by atoms with Crippen LogP contribution in [0.5, 0.6) is 0 Å². The minimum absolute atomic E-state index is 0.397. The van der Waals surface area contributed by atoms with Gasteiger partial charge in [-0.1, -0.05) is 0 Å². The molecule has 0 unspecified atom stereocenters. The van der Waals surface area contributed by atoms with Crippen molar-refractivity contribution < 1.29 is 9.29 Å². The number of methoxy groups -OCH3 is 1. The van der Waals surface area contributed by atoms with Gasteiger partial charge in [-0.25, -0.2) is 0 Å². The van der Waals surface area contributed by atoms with Crippen LogP contribution in [-0.4, -0.2) is 17.6 Å². The Morgan fingerprint density at radius 2 is 2.43 bits per heavy atom. The Labute approximate surface area is 46.7 Å². The fraction of sp³-hybridized carbons (Fsp3) is 0.667. The minimum Gasteiger partial charge on any atom is -0.484 e. The first-order chi connectivity index (χ1) is 3.31. The largest absolute Gasteiger partial charge is 0.484 e. The Bertz CT molecular complexity index is 73.3. The molecule has 0 aromatic carbocycles. The zero-order chi connectivity index (χ0) is 5.70. The van der Waals surface area contributed by atoms with E-state index in [-0.39, 0.29) is 0 Å². The summed E-state index contributed by atoms with van der Waals surface area (Å²) in [5.41, 5.74) is 0. The predicted molar refractivity (Wildman–Crippen MR) is 30.3 cm³/mol. The number of hydrogen-bond acceptors (Lipinski definition) is 4. The minimum atomic E-state index is 0.397. The summed E-state index contributed by atoms with van der Waals surface area (Å²) in [7, 11) is 1.50. The fourth-order valence-corrected chi connectivity index (χ4v) is 0.284. The third-order valence-electron chi connectivity index (χ3n) is 0.465. The first kappa shape index (κ1) is 6.78. The summed E-state index contributed by atoms with van der Waals surface area (Å²) < 4.78 is 16.0.